The number of ether oxygens (including phenoxy) is 1. The highest BCUT2D eigenvalue weighted by Crippen LogP contribution is 2.15. The van der Waals surface area contributed by atoms with E-state index in [1.54, 1.807) is 0 Å². The lowest BCUT2D eigenvalue weighted by molar-refractivity contribution is 0.208. The zero-order chi connectivity index (χ0) is 5.11. The summed E-state index contributed by atoms with van der Waals surface area (Å²) in [6.45, 7) is 0.828. The number of halogens is 1. The highest BCUT2D eigenvalue weighted by atomic mass is 79.9. The molecule has 0 fully saturated rings. The topological polar surface area (TPSA) is 9.23 Å². The van der Waals surface area contributed by atoms with Crippen LogP contribution in [0, 0.1) is 6.26 Å². The van der Waals surface area contributed by atoms with Gasteiger partial charge < -0.3 is 4.74 Å². The predicted molar refractivity (Wildman–Crippen MR) is 30.9 cm³/mol. The second-order valence-electron chi connectivity index (χ2n) is 1.46. The summed E-state index contributed by atoms with van der Waals surface area (Å²) in [6.07, 6.45) is 4.92. The third-order valence-electron chi connectivity index (χ3n) is 0.826. The molecule has 0 bridgehead atoms. The van der Waals surface area contributed by atoms with Crippen molar-refractivity contribution in [2.45, 2.75) is 12.8 Å². The summed E-state index contributed by atoms with van der Waals surface area (Å²) in [4.78, 5) is 0. The van der Waals surface area contributed by atoms with Gasteiger partial charge in [-0.15, -0.1) is 0 Å². The van der Waals surface area contributed by atoms with Gasteiger partial charge in [0.2, 0.25) is 0 Å². The van der Waals surface area contributed by atoms with Crippen LogP contribution in [-0.4, -0.2) is 6.61 Å². The summed E-state index contributed by atoms with van der Waals surface area (Å²) >= 11 is 3.27. The smallest absolute Gasteiger partial charge is 0.172 e. The second-order valence-corrected chi connectivity index (χ2v) is 2.42. The molecule has 0 saturated carbocycles. The Morgan fingerprint density at radius 1 is 1.71 bits per heavy atom. The maximum absolute atomic E-state index is 4.85. The first kappa shape index (κ1) is 5.16. The monoisotopic (exact) mass is 161 g/mol. The van der Waals surface area contributed by atoms with Crippen molar-refractivity contribution in [2.75, 3.05) is 6.61 Å². The van der Waals surface area contributed by atoms with Crippen molar-refractivity contribution < 1.29 is 4.74 Å². The molecule has 1 aliphatic rings. The lowest BCUT2D eigenvalue weighted by Crippen LogP contribution is -1.94. The largest absolute Gasteiger partial charge is 0.489 e. The van der Waals surface area contributed by atoms with Gasteiger partial charge in [-0.3, -0.25) is 0 Å². The van der Waals surface area contributed by atoms with Crippen molar-refractivity contribution in [1.82, 2.24) is 0 Å². The molecule has 0 aromatic carbocycles. The molecule has 1 rings (SSSR count). The Morgan fingerprint density at radius 3 is 2.86 bits per heavy atom. The van der Waals surface area contributed by atoms with E-state index in [0.717, 1.165) is 23.9 Å². The van der Waals surface area contributed by atoms with E-state index in [-0.39, 0.29) is 0 Å². The predicted octanol–water partition coefficient (Wildman–Crippen LogP) is 1.84. The molecule has 0 aromatic rings. The molecule has 0 unspecified atom stereocenters. The van der Waals surface area contributed by atoms with Crippen molar-refractivity contribution in [3.05, 3.63) is 10.7 Å². The fourth-order valence-corrected chi connectivity index (χ4v) is 0.875. The zero-order valence-electron chi connectivity index (χ0n) is 3.91. The number of hydrogen-bond acceptors (Lipinski definition) is 1. The van der Waals surface area contributed by atoms with Gasteiger partial charge >= 0.3 is 0 Å². The SMILES string of the molecule is BrC1=[C]OCCC1. The maximum Gasteiger partial charge on any atom is 0.172 e. The Kier molecular flexibility index (Phi) is 1.74. The van der Waals surface area contributed by atoms with Gasteiger partial charge in [0.15, 0.2) is 6.26 Å². The Morgan fingerprint density at radius 2 is 2.57 bits per heavy atom. The first-order valence-corrected chi connectivity index (χ1v) is 3.08. The van der Waals surface area contributed by atoms with Gasteiger partial charge in [-0.1, -0.05) is 15.9 Å². The maximum atomic E-state index is 4.85. The van der Waals surface area contributed by atoms with Crippen LogP contribution in [0.2, 0.25) is 0 Å². The van der Waals surface area contributed by atoms with E-state index in [2.05, 4.69) is 22.2 Å². The third-order valence-corrected chi connectivity index (χ3v) is 1.38. The molecule has 0 amide bonds. The van der Waals surface area contributed by atoms with Gasteiger partial charge in [0, 0.05) is 4.48 Å². The lowest BCUT2D eigenvalue weighted by Gasteiger charge is -2.05. The summed E-state index contributed by atoms with van der Waals surface area (Å²) in [5.41, 5.74) is 0. The first-order valence-electron chi connectivity index (χ1n) is 2.29. The van der Waals surface area contributed by atoms with E-state index in [9.17, 15) is 0 Å². The van der Waals surface area contributed by atoms with Crippen LogP contribution in [0.4, 0.5) is 0 Å². The van der Waals surface area contributed by atoms with E-state index in [0.29, 0.717) is 0 Å². The van der Waals surface area contributed by atoms with Crippen LogP contribution < -0.4 is 0 Å². The minimum Gasteiger partial charge on any atom is -0.489 e. The summed E-state index contributed by atoms with van der Waals surface area (Å²) in [5, 5.41) is 0. The molecule has 1 nitrogen and oxygen atoms in total. The third kappa shape index (κ3) is 1.51. The minimum atomic E-state index is 0.828. The van der Waals surface area contributed by atoms with Crippen molar-refractivity contribution in [2.24, 2.45) is 0 Å². The minimum absolute atomic E-state index is 0.828. The molecule has 1 heterocycles. The molecule has 0 saturated heterocycles. The van der Waals surface area contributed by atoms with Crippen LogP contribution in [0.25, 0.3) is 0 Å². The van der Waals surface area contributed by atoms with Gasteiger partial charge in [-0.25, -0.2) is 0 Å². The average molecular weight is 162 g/mol. The molecule has 1 radical (unpaired) electrons. The van der Waals surface area contributed by atoms with Crippen molar-refractivity contribution in [1.29, 1.82) is 0 Å². The van der Waals surface area contributed by atoms with Gasteiger partial charge in [-0.2, -0.15) is 0 Å². The molecule has 0 aromatic heterocycles. The Balaban J connectivity index is 2.40. The Hall–Kier alpha value is 0.0200. The Labute approximate surface area is 51.5 Å². The first-order chi connectivity index (χ1) is 3.39. The summed E-state index contributed by atoms with van der Waals surface area (Å²) in [6, 6.07) is 0. The molecular formula is C5H6BrO. The zero-order valence-corrected chi connectivity index (χ0v) is 5.49. The van der Waals surface area contributed by atoms with Crippen LogP contribution in [0.3, 0.4) is 0 Å². The van der Waals surface area contributed by atoms with Crippen LogP contribution in [0.1, 0.15) is 12.8 Å². The van der Waals surface area contributed by atoms with E-state index >= 15 is 0 Å². The van der Waals surface area contributed by atoms with E-state index in [4.69, 9.17) is 4.74 Å². The van der Waals surface area contributed by atoms with Gasteiger partial charge in [-0.05, 0) is 12.8 Å². The lowest BCUT2D eigenvalue weighted by atomic mass is 10.3. The normalized spacial score (nSPS) is 20.4. The van der Waals surface area contributed by atoms with Gasteiger partial charge in [0.1, 0.15) is 0 Å². The molecular weight excluding hydrogens is 156 g/mol. The average Bonchev–Trinajstić information content (AvgIpc) is 1.69. The van der Waals surface area contributed by atoms with Crippen LogP contribution in [0.5, 0.6) is 0 Å². The number of allylic oxidation sites excluding steroid dienone is 1. The van der Waals surface area contributed by atoms with Crippen molar-refractivity contribution >= 4 is 15.9 Å². The van der Waals surface area contributed by atoms with E-state index in [1.807, 2.05) is 0 Å². The second kappa shape index (κ2) is 2.36. The molecule has 39 valence electrons. The molecule has 1 aliphatic heterocycles. The highest BCUT2D eigenvalue weighted by molar-refractivity contribution is 9.11. The Bertz CT molecular complexity index is 88.1. The highest BCUT2D eigenvalue weighted by Gasteiger charge is 1.98. The number of rotatable bonds is 0. The fourth-order valence-electron chi connectivity index (χ4n) is 0.480. The van der Waals surface area contributed by atoms with E-state index < -0.39 is 0 Å². The molecule has 2 heteroatoms. The van der Waals surface area contributed by atoms with E-state index in [1.165, 1.54) is 0 Å². The van der Waals surface area contributed by atoms with Gasteiger partial charge in [0.05, 0.1) is 6.61 Å². The standard InChI is InChI=1S/C5H6BrO/c6-5-2-1-3-7-4-5/h1-3H2. The van der Waals surface area contributed by atoms with Crippen LogP contribution in [-0.2, 0) is 4.74 Å². The van der Waals surface area contributed by atoms with Crippen molar-refractivity contribution in [3.63, 3.8) is 0 Å². The quantitative estimate of drug-likeness (QED) is 0.527. The van der Waals surface area contributed by atoms with Crippen LogP contribution >= 0.6 is 15.9 Å². The molecule has 7 heavy (non-hydrogen) atoms. The van der Waals surface area contributed by atoms with Gasteiger partial charge in [0.25, 0.3) is 0 Å². The summed E-state index contributed by atoms with van der Waals surface area (Å²) in [5.74, 6) is 0. The summed E-state index contributed by atoms with van der Waals surface area (Å²) < 4.78 is 5.90. The summed E-state index contributed by atoms with van der Waals surface area (Å²) in [7, 11) is 0. The number of hydrogen-bond donors (Lipinski definition) is 0. The fraction of sp³-hybridized carbons (Fsp3) is 0.600. The molecule has 0 spiro atoms. The van der Waals surface area contributed by atoms with Crippen molar-refractivity contribution in [3.8, 4) is 0 Å². The molecule has 0 N–H and O–H groups in total. The molecule has 0 atom stereocenters. The molecule has 0 aliphatic carbocycles. The van der Waals surface area contributed by atoms with Crippen LogP contribution in [0.15, 0.2) is 4.48 Å².